The summed E-state index contributed by atoms with van der Waals surface area (Å²) >= 11 is 13.2. The van der Waals surface area contributed by atoms with Gasteiger partial charge in [0.25, 0.3) is 5.91 Å². The van der Waals surface area contributed by atoms with Gasteiger partial charge in [0, 0.05) is 22.6 Å². The molecule has 0 spiro atoms. The van der Waals surface area contributed by atoms with Gasteiger partial charge in [-0.1, -0.05) is 35.3 Å². The van der Waals surface area contributed by atoms with Crippen molar-refractivity contribution in [2.24, 2.45) is 0 Å². The summed E-state index contributed by atoms with van der Waals surface area (Å²) in [5, 5.41) is 1.81. The Bertz CT molecular complexity index is 1160. The van der Waals surface area contributed by atoms with Crippen LogP contribution in [-0.4, -0.2) is 37.1 Å². The SMILES string of the molecule is Cc1sc(N(CCc2ccc(Cl)cc2)Cc2ccc(Cl)cn2)nc1C(=O)NS(C)(=O)=O. The van der Waals surface area contributed by atoms with Crippen LogP contribution in [0.1, 0.15) is 26.6 Å². The fraction of sp³-hybridized carbons (Fsp3) is 0.250. The van der Waals surface area contributed by atoms with Crippen molar-refractivity contribution in [1.82, 2.24) is 14.7 Å². The van der Waals surface area contributed by atoms with E-state index in [1.54, 1.807) is 19.2 Å². The largest absolute Gasteiger partial charge is 0.342 e. The molecule has 7 nitrogen and oxygen atoms in total. The van der Waals surface area contributed by atoms with Crippen LogP contribution in [0.3, 0.4) is 0 Å². The van der Waals surface area contributed by atoms with Crippen molar-refractivity contribution >= 4 is 55.6 Å². The van der Waals surface area contributed by atoms with Gasteiger partial charge in [0.1, 0.15) is 5.69 Å². The van der Waals surface area contributed by atoms with Crippen LogP contribution in [0.4, 0.5) is 5.13 Å². The summed E-state index contributed by atoms with van der Waals surface area (Å²) in [6.45, 7) is 2.78. The number of thiazole rings is 1. The molecule has 31 heavy (non-hydrogen) atoms. The maximum atomic E-state index is 12.3. The summed E-state index contributed by atoms with van der Waals surface area (Å²) in [4.78, 5) is 23.7. The van der Waals surface area contributed by atoms with Crippen molar-refractivity contribution in [2.45, 2.75) is 19.9 Å². The Balaban J connectivity index is 1.85. The second-order valence-corrected chi connectivity index (χ2v) is 10.7. The minimum atomic E-state index is -3.68. The standard InChI is InChI=1S/C20H20Cl2N4O3S2/c1-13-18(19(27)25-31(2,28)29)24-20(30-13)26(12-17-8-7-16(22)11-23-17)10-9-14-3-5-15(21)6-4-14/h3-8,11H,9-10,12H2,1-2H3,(H,25,27). The van der Waals surface area contributed by atoms with Gasteiger partial charge >= 0.3 is 0 Å². The molecule has 0 radical (unpaired) electrons. The molecule has 0 aliphatic carbocycles. The lowest BCUT2D eigenvalue weighted by atomic mass is 10.1. The second-order valence-electron chi connectivity index (χ2n) is 6.87. The molecule has 0 fully saturated rings. The number of carbonyl (C=O) groups is 1. The third-order valence-electron chi connectivity index (χ3n) is 4.27. The van der Waals surface area contributed by atoms with Gasteiger partial charge in [0.05, 0.1) is 23.5 Å². The molecule has 1 aromatic carbocycles. The average molecular weight is 499 g/mol. The van der Waals surface area contributed by atoms with Crippen molar-refractivity contribution in [1.29, 1.82) is 0 Å². The van der Waals surface area contributed by atoms with Crippen LogP contribution in [0.25, 0.3) is 0 Å². The zero-order valence-corrected chi connectivity index (χ0v) is 19.9. The Morgan fingerprint density at radius 1 is 1.13 bits per heavy atom. The molecular formula is C20H20Cl2N4O3S2. The first-order valence-corrected chi connectivity index (χ1v) is 12.7. The minimum absolute atomic E-state index is 0.0889. The Morgan fingerprint density at radius 3 is 2.42 bits per heavy atom. The fourth-order valence-corrected chi connectivity index (χ4v) is 4.40. The van der Waals surface area contributed by atoms with Crippen LogP contribution in [0.5, 0.6) is 0 Å². The number of hydrogen-bond donors (Lipinski definition) is 1. The average Bonchev–Trinajstić information content (AvgIpc) is 3.08. The van der Waals surface area contributed by atoms with Crippen LogP contribution in [0.15, 0.2) is 42.6 Å². The third kappa shape index (κ3) is 6.90. The van der Waals surface area contributed by atoms with Crippen molar-refractivity contribution in [2.75, 3.05) is 17.7 Å². The Labute approximate surface area is 195 Å². The second kappa shape index (κ2) is 9.95. The maximum Gasteiger partial charge on any atom is 0.284 e. The maximum absolute atomic E-state index is 12.3. The molecule has 2 heterocycles. The zero-order chi connectivity index (χ0) is 22.6. The molecule has 2 aromatic heterocycles. The summed E-state index contributed by atoms with van der Waals surface area (Å²) < 4.78 is 24.8. The highest BCUT2D eigenvalue weighted by atomic mass is 35.5. The number of pyridine rings is 1. The molecule has 0 aliphatic heterocycles. The number of hydrogen-bond acceptors (Lipinski definition) is 7. The molecule has 3 aromatic rings. The third-order valence-corrected chi connectivity index (χ3v) is 6.34. The lowest BCUT2D eigenvalue weighted by molar-refractivity contribution is 0.0977. The Hall–Kier alpha value is -2.20. The van der Waals surface area contributed by atoms with Gasteiger partial charge in [0.2, 0.25) is 10.0 Å². The smallest absolute Gasteiger partial charge is 0.284 e. The molecule has 3 rings (SSSR count). The first-order valence-electron chi connectivity index (χ1n) is 9.20. The van der Waals surface area contributed by atoms with Crippen molar-refractivity contribution < 1.29 is 13.2 Å². The van der Waals surface area contributed by atoms with E-state index in [0.717, 1.165) is 17.5 Å². The highest BCUT2D eigenvalue weighted by Gasteiger charge is 2.21. The van der Waals surface area contributed by atoms with E-state index in [-0.39, 0.29) is 5.69 Å². The topological polar surface area (TPSA) is 92.3 Å². The summed E-state index contributed by atoms with van der Waals surface area (Å²) in [6, 6.07) is 11.2. The van der Waals surface area contributed by atoms with E-state index in [2.05, 4.69) is 9.97 Å². The van der Waals surface area contributed by atoms with Gasteiger partial charge < -0.3 is 4.90 Å². The van der Waals surface area contributed by atoms with Crippen molar-refractivity contribution in [3.8, 4) is 0 Å². The number of anilines is 1. The van der Waals surface area contributed by atoms with E-state index >= 15 is 0 Å². The van der Waals surface area contributed by atoms with Gasteiger partial charge in [0.15, 0.2) is 5.13 Å². The first kappa shape index (κ1) is 23.5. The molecule has 0 saturated carbocycles. The molecule has 1 amide bonds. The fourth-order valence-electron chi connectivity index (χ4n) is 2.80. The highest BCUT2D eigenvalue weighted by molar-refractivity contribution is 7.89. The predicted octanol–water partition coefficient (Wildman–Crippen LogP) is 4.09. The van der Waals surface area contributed by atoms with E-state index in [4.69, 9.17) is 23.2 Å². The van der Waals surface area contributed by atoms with Crippen LogP contribution in [0, 0.1) is 6.92 Å². The van der Waals surface area contributed by atoms with Crippen molar-refractivity contribution in [3.05, 3.63) is 74.5 Å². The van der Waals surface area contributed by atoms with Crippen LogP contribution in [0.2, 0.25) is 10.0 Å². The van der Waals surface area contributed by atoms with Gasteiger partial charge in [-0.2, -0.15) is 0 Å². The van der Waals surface area contributed by atoms with Crippen molar-refractivity contribution in [3.63, 3.8) is 0 Å². The number of aryl methyl sites for hydroxylation is 1. The number of aromatic nitrogens is 2. The van der Waals surface area contributed by atoms with Crippen LogP contribution < -0.4 is 9.62 Å². The summed E-state index contributed by atoms with van der Waals surface area (Å²) in [5.41, 5.74) is 1.98. The first-order chi connectivity index (χ1) is 14.6. The number of carbonyl (C=O) groups excluding carboxylic acids is 1. The minimum Gasteiger partial charge on any atom is -0.342 e. The van der Waals surface area contributed by atoms with E-state index in [1.165, 1.54) is 11.3 Å². The number of nitrogens with one attached hydrogen (secondary N) is 1. The number of nitrogens with zero attached hydrogens (tertiary/aromatic N) is 3. The van der Waals surface area contributed by atoms with E-state index in [1.807, 2.05) is 40.0 Å². The summed E-state index contributed by atoms with van der Waals surface area (Å²) in [7, 11) is -3.68. The zero-order valence-electron chi connectivity index (χ0n) is 16.8. The molecule has 0 aliphatic rings. The lowest BCUT2D eigenvalue weighted by Gasteiger charge is -2.21. The monoisotopic (exact) mass is 498 g/mol. The van der Waals surface area contributed by atoms with Crippen LogP contribution in [-0.2, 0) is 23.0 Å². The number of benzene rings is 1. The lowest BCUT2D eigenvalue weighted by Crippen LogP contribution is -2.30. The number of halogens is 2. The van der Waals surface area contributed by atoms with Gasteiger partial charge in [-0.25, -0.2) is 18.1 Å². The highest BCUT2D eigenvalue weighted by Crippen LogP contribution is 2.27. The van der Waals surface area contributed by atoms with Gasteiger partial charge in [-0.3, -0.25) is 9.78 Å². The van der Waals surface area contributed by atoms with E-state index in [9.17, 15) is 13.2 Å². The van der Waals surface area contributed by atoms with Gasteiger partial charge in [-0.15, -0.1) is 11.3 Å². The molecule has 11 heteroatoms. The number of rotatable bonds is 8. The summed E-state index contributed by atoms with van der Waals surface area (Å²) in [5.74, 6) is -0.746. The Morgan fingerprint density at radius 2 is 1.81 bits per heavy atom. The number of sulfonamides is 1. The Kier molecular flexibility index (Phi) is 7.53. The van der Waals surface area contributed by atoms with E-state index in [0.29, 0.717) is 39.6 Å². The molecule has 0 saturated heterocycles. The molecule has 0 bridgehead atoms. The van der Waals surface area contributed by atoms with Crippen LogP contribution >= 0.6 is 34.5 Å². The predicted molar refractivity (Wildman–Crippen MR) is 125 cm³/mol. The molecule has 1 N–H and O–H groups in total. The van der Waals surface area contributed by atoms with Gasteiger partial charge in [-0.05, 0) is 43.2 Å². The molecule has 0 unspecified atom stereocenters. The summed E-state index contributed by atoms with van der Waals surface area (Å²) in [6.07, 6.45) is 3.22. The normalized spacial score (nSPS) is 11.4. The van der Waals surface area contributed by atoms with E-state index < -0.39 is 15.9 Å². The molecular weight excluding hydrogens is 479 g/mol. The quantitative estimate of drug-likeness (QED) is 0.502. The molecule has 164 valence electrons. The number of amides is 1. The molecule has 0 atom stereocenters.